The van der Waals surface area contributed by atoms with Crippen molar-refractivity contribution in [3.8, 4) is 11.1 Å². The molecule has 0 radical (unpaired) electrons. The minimum Gasteiger partial charge on any atom is -0.380 e. The molecule has 1 saturated heterocycles. The summed E-state index contributed by atoms with van der Waals surface area (Å²) in [5.41, 5.74) is 7.35. The second-order valence-corrected chi connectivity index (χ2v) is 10.4. The van der Waals surface area contributed by atoms with Crippen molar-refractivity contribution in [2.75, 3.05) is 13.1 Å². The number of nitrogens with zero attached hydrogens (tertiary/aromatic N) is 2. The number of nitrogens with one attached hydrogen (secondary N) is 2. The van der Waals surface area contributed by atoms with E-state index in [0.717, 1.165) is 30.6 Å². The van der Waals surface area contributed by atoms with E-state index in [2.05, 4.69) is 48.5 Å². The predicted molar refractivity (Wildman–Crippen MR) is 129 cm³/mol. The molecule has 4 heterocycles. The van der Waals surface area contributed by atoms with Crippen LogP contribution in [-0.4, -0.2) is 44.6 Å². The third kappa shape index (κ3) is 3.56. The van der Waals surface area contributed by atoms with Crippen LogP contribution in [-0.2, 0) is 17.8 Å². The van der Waals surface area contributed by atoms with Gasteiger partial charge in [-0.15, -0.1) is 0 Å². The first-order valence-corrected chi connectivity index (χ1v) is 12.3. The number of aromatic nitrogens is 2. The van der Waals surface area contributed by atoms with E-state index in [9.17, 15) is 9.90 Å². The molecule has 2 fully saturated rings. The lowest BCUT2D eigenvalue weighted by Crippen LogP contribution is -2.43. The summed E-state index contributed by atoms with van der Waals surface area (Å²) in [6.07, 6.45) is 8.34. The number of pyridine rings is 1. The molecule has 1 saturated carbocycles. The van der Waals surface area contributed by atoms with Crippen molar-refractivity contribution >= 4 is 16.9 Å². The number of aromatic amines is 1. The van der Waals surface area contributed by atoms with E-state index >= 15 is 0 Å². The number of amides is 1. The van der Waals surface area contributed by atoms with Gasteiger partial charge in [-0.05, 0) is 84.5 Å². The maximum absolute atomic E-state index is 12.8. The zero-order valence-corrected chi connectivity index (χ0v) is 19.4. The Morgan fingerprint density at radius 3 is 2.82 bits per heavy atom. The second kappa shape index (κ2) is 7.67. The van der Waals surface area contributed by atoms with Gasteiger partial charge in [0.1, 0.15) is 11.2 Å². The van der Waals surface area contributed by atoms with Crippen LogP contribution in [0.4, 0.5) is 0 Å². The number of rotatable bonds is 4. The minimum atomic E-state index is -1.10. The quantitative estimate of drug-likeness (QED) is 0.564. The first-order chi connectivity index (χ1) is 15.9. The molecule has 1 aliphatic carbocycles. The summed E-state index contributed by atoms with van der Waals surface area (Å²) in [7, 11) is 0. The van der Waals surface area contributed by atoms with Crippen LogP contribution >= 0.6 is 0 Å². The fourth-order valence-electron chi connectivity index (χ4n) is 5.58. The Bertz CT molecular complexity index is 1230. The Balaban J connectivity index is 1.42. The summed E-state index contributed by atoms with van der Waals surface area (Å²) in [4.78, 5) is 22.7. The molecule has 0 spiro atoms. The molecule has 3 N–H and O–H groups in total. The fourth-order valence-corrected chi connectivity index (χ4v) is 5.58. The highest BCUT2D eigenvalue weighted by Gasteiger charge is 2.50. The first kappa shape index (κ1) is 20.9. The van der Waals surface area contributed by atoms with E-state index in [1.165, 1.54) is 39.6 Å². The topological polar surface area (TPSA) is 81.2 Å². The number of hydrogen-bond donors (Lipinski definition) is 3. The predicted octanol–water partition coefficient (Wildman–Crippen LogP) is 4.19. The SMILES string of the molecule is CC(C)c1c[nH]c2ncc(-c3cc4c(c([C@@H]5CCCN5)c3)CN(C(=O)C3(O)CC3)CC4)cc12. The number of carbonyl (C=O) groups excluding carboxylic acids is 1. The molecule has 1 atom stereocenters. The Morgan fingerprint density at radius 1 is 1.24 bits per heavy atom. The van der Waals surface area contributed by atoms with E-state index in [0.29, 0.717) is 37.9 Å². The van der Waals surface area contributed by atoms with E-state index in [4.69, 9.17) is 4.98 Å². The Kier molecular flexibility index (Phi) is 4.85. The van der Waals surface area contributed by atoms with Gasteiger partial charge in [0.05, 0.1) is 0 Å². The number of hydrogen-bond acceptors (Lipinski definition) is 4. The van der Waals surface area contributed by atoms with E-state index < -0.39 is 5.60 Å². The monoisotopic (exact) mass is 444 g/mol. The van der Waals surface area contributed by atoms with Gasteiger partial charge >= 0.3 is 0 Å². The van der Waals surface area contributed by atoms with Crippen LogP contribution in [0.25, 0.3) is 22.2 Å². The number of benzene rings is 1. The Hall–Kier alpha value is -2.70. The van der Waals surface area contributed by atoms with Gasteiger partial charge in [0.2, 0.25) is 0 Å². The van der Waals surface area contributed by atoms with Crippen molar-refractivity contribution in [3.63, 3.8) is 0 Å². The van der Waals surface area contributed by atoms with Gasteiger partial charge in [-0.1, -0.05) is 19.9 Å². The van der Waals surface area contributed by atoms with Gasteiger partial charge in [0.15, 0.2) is 0 Å². The average Bonchev–Trinajstić information content (AvgIpc) is 3.21. The van der Waals surface area contributed by atoms with E-state index in [1.54, 1.807) is 0 Å². The molecule has 33 heavy (non-hydrogen) atoms. The summed E-state index contributed by atoms with van der Waals surface area (Å²) >= 11 is 0. The standard InChI is InChI=1S/C27H32N4O2/c1-16(2)22-14-30-25-21(22)12-19(13-29-25)18-10-17-5-9-31(26(32)27(33)6-7-27)15-23(17)20(11-18)24-4-3-8-28-24/h10-14,16,24,28,33H,3-9,15H2,1-2H3,(H,29,30)/t24-/m0/s1. The van der Waals surface area contributed by atoms with Crippen molar-refractivity contribution in [1.82, 2.24) is 20.2 Å². The maximum atomic E-state index is 12.8. The lowest BCUT2D eigenvalue weighted by Gasteiger charge is -2.33. The molecule has 3 aliphatic rings. The van der Waals surface area contributed by atoms with Crippen LogP contribution in [0, 0.1) is 0 Å². The van der Waals surface area contributed by atoms with Crippen molar-refractivity contribution in [2.45, 2.75) is 70.1 Å². The summed E-state index contributed by atoms with van der Waals surface area (Å²) in [5, 5.41) is 15.2. The highest BCUT2D eigenvalue weighted by molar-refractivity contribution is 5.88. The van der Waals surface area contributed by atoms with Crippen LogP contribution < -0.4 is 5.32 Å². The van der Waals surface area contributed by atoms with Crippen LogP contribution in [0.3, 0.4) is 0 Å². The molecule has 1 aromatic carbocycles. The van der Waals surface area contributed by atoms with Gasteiger partial charge in [-0.2, -0.15) is 0 Å². The molecule has 0 unspecified atom stereocenters. The smallest absolute Gasteiger partial charge is 0.254 e. The van der Waals surface area contributed by atoms with E-state index in [1.807, 2.05) is 11.1 Å². The Labute approximate surface area is 194 Å². The maximum Gasteiger partial charge on any atom is 0.254 e. The molecule has 172 valence electrons. The molecule has 2 aliphatic heterocycles. The molecular weight excluding hydrogens is 412 g/mol. The van der Waals surface area contributed by atoms with Crippen molar-refractivity contribution in [2.24, 2.45) is 0 Å². The summed E-state index contributed by atoms with van der Waals surface area (Å²) in [6, 6.07) is 7.19. The second-order valence-electron chi connectivity index (χ2n) is 10.4. The first-order valence-electron chi connectivity index (χ1n) is 12.3. The zero-order chi connectivity index (χ0) is 22.7. The Morgan fingerprint density at radius 2 is 2.09 bits per heavy atom. The van der Waals surface area contributed by atoms with Gasteiger partial charge in [-0.3, -0.25) is 4.79 Å². The summed E-state index contributed by atoms with van der Waals surface area (Å²) in [6.45, 7) is 6.71. The molecular formula is C27H32N4O2. The highest BCUT2D eigenvalue weighted by atomic mass is 16.3. The van der Waals surface area contributed by atoms with Gasteiger partial charge in [0.25, 0.3) is 5.91 Å². The van der Waals surface area contributed by atoms with Crippen LogP contribution in [0.5, 0.6) is 0 Å². The van der Waals surface area contributed by atoms with Gasteiger partial charge < -0.3 is 20.3 Å². The molecule has 6 heteroatoms. The molecule has 6 rings (SSSR count). The third-order valence-corrected chi connectivity index (χ3v) is 7.74. The molecule has 1 amide bonds. The number of aliphatic hydroxyl groups is 1. The average molecular weight is 445 g/mol. The van der Waals surface area contributed by atoms with Gasteiger partial charge in [-0.25, -0.2) is 4.98 Å². The number of H-pyrrole nitrogens is 1. The van der Waals surface area contributed by atoms with Crippen molar-refractivity contribution in [3.05, 3.63) is 52.8 Å². The summed E-state index contributed by atoms with van der Waals surface area (Å²) < 4.78 is 0. The lowest BCUT2D eigenvalue weighted by molar-refractivity contribution is -0.143. The van der Waals surface area contributed by atoms with Crippen molar-refractivity contribution in [1.29, 1.82) is 0 Å². The largest absolute Gasteiger partial charge is 0.380 e. The van der Waals surface area contributed by atoms with Crippen LogP contribution in [0.2, 0.25) is 0 Å². The molecule has 0 bridgehead atoms. The highest BCUT2D eigenvalue weighted by Crippen LogP contribution is 2.40. The molecule has 3 aromatic rings. The minimum absolute atomic E-state index is 0.0918. The third-order valence-electron chi connectivity index (χ3n) is 7.74. The summed E-state index contributed by atoms with van der Waals surface area (Å²) in [5.74, 6) is 0.341. The normalized spacial score (nSPS) is 21.6. The lowest BCUT2D eigenvalue weighted by atomic mass is 9.87. The molecule has 6 nitrogen and oxygen atoms in total. The molecule has 2 aromatic heterocycles. The number of carbonyl (C=O) groups is 1. The fraction of sp³-hybridized carbons (Fsp3) is 0.481. The van der Waals surface area contributed by atoms with Gasteiger partial charge in [0, 0.05) is 42.5 Å². The van der Waals surface area contributed by atoms with Crippen molar-refractivity contribution < 1.29 is 9.90 Å². The number of fused-ring (bicyclic) bond motifs is 2. The van der Waals surface area contributed by atoms with Crippen LogP contribution in [0.1, 0.15) is 73.7 Å². The van der Waals surface area contributed by atoms with E-state index in [-0.39, 0.29) is 5.91 Å². The van der Waals surface area contributed by atoms with Crippen LogP contribution in [0.15, 0.2) is 30.6 Å². The zero-order valence-electron chi connectivity index (χ0n) is 19.4.